The Balaban J connectivity index is 1.56. The molecule has 0 radical (unpaired) electrons. The van der Waals surface area contributed by atoms with E-state index in [0.717, 1.165) is 11.5 Å². The van der Waals surface area contributed by atoms with Crippen molar-refractivity contribution in [1.29, 1.82) is 0 Å². The van der Waals surface area contributed by atoms with E-state index in [1.54, 1.807) is 23.1 Å². The smallest absolute Gasteiger partial charge is 0.251 e. The molecule has 0 saturated heterocycles. The summed E-state index contributed by atoms with van der Waals surface area (Å²) in [5, 5.41) is 5.38. The van der Waals surface area contributed by atoms with E-state index in [4.69, 9.17) is 0 Å². The van der Waals surface area contributed by atoms with E-state index in [9.17, 15) is 9.59 Å². The Labute approximate surface area is 135 Å². The molecule has 2 aromatic heterocycles. The molecule has 5 nitrogen and oxygen atoms in total. The monoisotopic (exact) mass is 341 g/mol. The average molecular weight is 341 g/mol. The number of hydrogen-bond donors (Lipinski definition) is 2. The van der Waals surface area contributed by atoms with Crippen LogP contribution in [0.3, 0.4) is 0 Å². The topological polar surface area (TPSA) is 74.8 Å². The summed E-state index contributed by atoms with van der Waals surface area (Å²) in [6.45, 7) is 0.647. The fraction of sp³-hybridized carbons (Fsp3) is 0.308. The Kier molecular flexibility index (Phi) is 6.84. The molecule has 21 heavy (non-hydrogen) atoms. The predicted octanol–water partition coefficient (Wildman–Crippen LogP) is 1.97. The minimum absolute atomic E-state index is 0.0526. The maximum atomic E-state index is 11.6. The minimum Gasteiger partial charge on any atom is -0.355 e. The molecule has 1 amide bonds. The molecule has 0 atom stereocenters. The third-order valence-corrected chi connectivity index (χ3v) is 5.34. The van der Waals surface area contributed by atoms with Gasteiger partial charge in [0.05, 0.1) is 5.75 Å². The normalized spacial score (nSPS) is 10.5. The number of hydrogen-bond acceptors (Lipinski definition) is 6. The Hall–Kier alpha value is -1.25. The van der Waals surface area contributed by atoms with Crippen LogP contribution in [0.2, 0.25) is 0 Å². The van der Waals surface area contributed by atoms with Gasteiger partial charge in [-0.15, -0.1) is 11.3 Å². The number of H-pyrrole nitrogens is 1. The van der Waals surface area contributed by atoms with Gasteiger partial charge in [-0.25, -0.2) is 4.98 Å². The number of amides is 1. The van der Waals surface area contributed by atoms with Gasteiger partial charge in [0.1, 0.15) is 0 Å². The van der Waals surface area contributed by atoms with Gasteiger partial charge in [-0.1, -0.05) is 17.8 Å². The highest BCUT2D eigenvalue weighted by molar-refractivity contribution is 7.99. The Morgan fingerprint density at radius 3 is 3.10 bits per heavy atom. The first kappa shape index (κ1) is 16.1. The van der Waals surface area contributed by atoms with Crippen LogP contribution < -0.4 is 10.9 Å². The summed E-state index contributed by atoms with van der Waals surface area (Å²) in [4.78, 5) is 30.6. The van der Waals surface area contributed by atoms with Crippen LogP contribution in [0, 0.1) is 0 Å². The summed E-state index contributed by atoms with van der Waals surface area (Å²) in [6, 6.07) is 5.50. The molecule has 112 valence electrons. The van der Waals surface area contributed by atoms with E-state index in [1.807, 2.05) is 6.07 Å². The maximum Gasteiger partial charge on any atom is 0.251 e. The fourth-order valence-electron chi connectivity index (χ4n) is 1.44. The van der Waals surface area contributed by atoms with Gasteiger partial charge in [0.25, 0.3) is 5.56 Å². The van der Waals surface area contributed by atoms with Gasteiger partial charge in [0, 0.05) is 35.2 Å². The molecule has 2 rings (SSSR count). The highest BCUT2D eigenvalue weighted by Gasteiger charge is 2.04. The van der Waals surface area contributed by atoms with Crippen molar-refractivity contribution >= 4 is 40.8 Å². The molecule has 0 aliphatic heterocycles. The van der Waals surface area contributed by atoms with Gasteiger partial charge in [-0.05, 0) is 11.4 Å². The second kappa shape index (κ2) is 8.91. The van der Waals surface area contributed by atoms with Crippen molar-refractivity contribution < 1.29 is 4.79 Å². The second-order valence-electron chi connectivity index (χ2n) is 4.01. The zero-order valence-corrected chi connectivity index (χ0v) is 13.7. The van der Waals surface area contributed by atoms with Crippen LogP contribution in [-0.2, 0) is 10.5 Å². The van der Waals surface area contributed by atoms with E-state index in [0.29, 0.717) is 11.7 Å². The molecular formula is C13H15N3O2S3. The number of aromatic nitrogens is 2. The first-order valence-corrected chi connectivity index (χ1v) is 9.31. The molecule has 0 spiro atoms. The third kappa shape index (κ3) is 6.36. The van der Waals surface area contributed by atoms with Gasteiger partial charge in [-0.2, -0.15) is 11.8 Å². The fourth-order valence-corrected chi connectivity index (χ4v) is 3.82. The molecule has 0 saturated carbocycles. The average Bonchev–Trinajstić information content (AvgIpc) is 2.98. The van der Waals surface area contributed by atoms with Crippen molar-refractivity contribution in [2.45, 2.75) is 10.9 Å². The summed E-state index contributed by atoms with van der Waals surface area (Å²) in [7, 11) is 0. The van der Waals surface area contributed by atoms with Gasteiger partial charge in [-0.3, -0.25) is 9.59 Å². The maximum absolute atomic E-state index is 11.6. The van der Waals surface area contributed by atoms with Crippen LogP contribution in [0.1, 0.15) is 4.88 Å². The van der Waals surface area contributed by atoms with E-state index in [2.05, 4.69) is 26.7 Å². The van der Waals surface area contributed by atoms with Crippen molar-refractivity contribution in [3.05, 3.63) is 45.0 Å². The van der Waals surface area contributed by atoms with E-state index in [1.165, 1.54) is 28.9 Å². The van der Waals surface area contributed by atoms with Crippen LogP contribution in [0.25, 0.3) is 0 Å². The number of thiophene rings is 1. The molecule has 0 aliphatic rings. The number of nitrogens with zero attached hydrogens (tertiary/aromatic N) is 1. The number of carbonyl (C=O) groups is 1. The van der Waals surface area contributed by atoms with E-state index >= 15 is 0 Å². The molecule has 0 bridgehead atoms. The highest BCUT2D eigenvalue weighted by atomic mass is 32.2. The zero-order chi connectivity index (χ0) is 14.9. The van der Waals surface area contributed by atoms with Crippen LogP contribution in [0.15, 0.2) is 39.7 Å². The Morgan fingerprint density at radius 2 is 2.33 bits per heavy atom. The van der Waals surface area contributed by atoms with Crippen LogP contribution in [-0.4, -0.2) is 33.9 Å². The Morgan fingerprint density at radius 1 is 1.43 bits per heavy atom. The van der Waals surface area contributed by atoms with Crippen molar-refractivity contribution in [2.24, 2.45) is 0 Å². The summed E-state index contributed by atoms with van der Waals surface area (Å²) in [5.74, 6) is 2.07. The predicted molar refractivity (Wildman–Crippen MR) is 89.1 cm³/mol. The first-order valence-electron chi connectivity index (χ1n) is 6.29. The van der Waals surface area contributed by atoms with Gasteiger partial charge in [0.2, 0.25) is 5.91 Å². The number of rotatable bonds is 8. The lowest BCUT2D eigenvalue weighted by Crippen LogP contribution is -2.27. The lowest BCUT2D eigenvalue weighted by molar-refractivity contribution is -0.118. The molecule has 0 unspecified atom stereocenters. The molecular weight excluding hydrogens is 326 g/mol. The van der Waals surface area contributed by atoms with Crippen molar-refractivity contribution in [3.8, 4) is 0 Å². The second-order valence-corrected chi connectivity index (χ2v) is 7.11. The zero-order valence-electron chi connectivity index (χ0n) is 11.2. The number of thioether (sulfide) groups is 2. The molecule has 8 heteroatoms. The minimum atomic E-state index is -0.210. The Bertz CT molecular complexity index is 613. The van der Waals surface area contributed by atoms with Gasteiger partial charge in [0.15, 0.2) is 5.16 Å². The van der Waals surface area contributed by atoms with Crippen LogP contribution in [0.4, 0.5) is 0 Å². The van der Waals surface area contributed by atoms with Crippen molar-refractivity contribution in [1.82, 2.24) is 15.3 Å². The third-order valence-electron chi connectivity index (χ3n) is 2.38. The summed E-state index contributed by atoms with van der Waals surface area (Å²) in [5.41, 5.74) is -0.210. The molecule has 0 aliphatic carbocycles. The summed E-state index contributed by atoms with van der Waals surface area (Å²) >= 11 is 4.77. The lowest BCUT2D eigenvalue weighted by Gasteiger charge is -2.04. The lowest BCUT2D eigenvalue weighted by atomic mass is 10.5. The molecule has 0 aromatic carbocycles. The highest BCUT2D eigenvalue weighted by Crippen LogP contribution is 2.16. The van der Waals surface area contributed by atoms with Gasteiger partial charge >= 0.3 is 0 Å². The molecule has 2 N–H and O–H groups in total. The first-order chi connectivity index (χ1) is 10.2. The standard InChI is InChI=1S/C13H15N3O2S3/c17-11-3-4-15-13(16-11)21-9-12(18)14-5-7-19-8-10-2-1-6-20-10/h1-4,6H,5,7-9H2,(H,14,18)(H,15,16,17). The van der Waals surface area contributed by atoms with Gasteiger partial charge < -0.3 is 10.3 Å². The quantitative estimate of drug-likeness (QED) is 0.436. The summed E-state index contributed by atoms with van der Waals surface area (Å²) < 4.78 is 0. The summed E-state index contributed by atoms with van der Waals surface area (Å²) in [6.07, 6.45) is 1.43. The van der Waals surface area contributed by atoms with Crippen LogP contribution >= 0.6 is 34.9 Å². The SMILES string of the molecule is O=C(CSc1nccc(=O)[nH]1)NCCSCc1cccs1. The largest absolute Gasteiger partial charge is 0.355 e. The molecule has 2 aromatic rings. The van der Waals surface area contributed by atoms with E-state index in [-0.39, 0.29) is 17.2 Å². The van der Waals surface area contributed by atoms with Crippen LogP contribution in [0.5, 0.6) is 0 Å². The molecule has 2 heterocycles. The molecule has 0 fully saturated rings. The van der Waals surface area contributed by atoms with Crippen molar-refractivity contribution in [3.63, 3.8) is 0 Å². The van der Waals surface area contributed by atoms with E-state index < -0.39 is 0 Å². The van der Waals surface area contributed by atoms with Crippen molar-refractivity contribution in [2.75, 3.05) is 18.1 Å². The number of aromatic amines is 1. The number of carbonyl (C=O) groups excluding carboxylic acids is 1. The number of nitrogens with one attached hydrogen (secondary N) is 2.